The third-order valence-corrected chi connectivity index (χ3v) is 5.36. The van der Waals surface area contributed by atoms with Crippen molar-refractivity contribution >= 4 is 29.4 Å². The summed E-state index contributed by atoms with van der Waals surface area (Å²) in [7, 11) is 2.96. The van der Waals surface area contributed by atoms with Crippen molar-refractivity contribution in [1.29, 1.82) is 0 Å². The van der Waals surface area contributed by atoms with Gasteiger partial charge in [-0.3, -0.25) is 19.3 Å². The number of nitrogens with one attached hydrogen (secondary N) is 2. The van der Waals surface area contributed by atoms with Crippen molar-refractivity contribution in [2.75, 3.05) is 32.6 Å². The first-order valence-electron chi connectivity index (χ1n) is 10.0. The summed E-state index contributed by atoms with van der Waals surface area (Å²) in [5.74, 6) is -0.894. The van der Waals surface area contributed by atoms with Crippen LogP contribution >= 0.6 is 0 Å². The van der Waals surface area contributed by atoms with Gasteiger partial charge in [0.25, 0.3) is 5.91 Å². The Kier molecular flexibility index (Phi) is 6.47. The number of ether oxygens (including phenoxy) is 1. The van der Waals surface area contributed by atoms with Gasteiger partial charge in [0.05, 0.1) is 13.7 Å². The third kappa shape index (κ3) is 4.72. The van der Waals surface area contributed by atoms with Crippen LogP contribution in [0.25, 0.3) is 0 Å². The predicted molar refractivity (Wildman–Crippen MR) is 118 cm³/mol. The Balaban J connectivity index is 1.61. The van der Waals surface area contributed by atoms with E-state index in [9.17, 15) is 19.2 Å². The zero-order valence-electron chi connectivity index (χ0n) is 18.5. The summed E-state index contributed by atoms with van der Waals surface area (Å²) in [6.07, 6.45) is 0. The summed E-state index contributed by atoms with van der Waals surface area (Å²) in [6.45, 7) is 2.82. The van der Waals surface area contributed by atoms with Crippen LogP contribution in [0.2, 0.25) is 0 Å². The second-order valence-electron chi connectivity index (χ2n) is 7.84. The number of nitrogens with zero attached hydrogens (tertiary/aromatic N) is 2. The van der Waals surface area contributed by atoms with E-state index in [1.165, 1.54) is 14.2 Å². The number of methoxy groups -OCH3 is 1. The van der Waals surface area contributed by atoms with Crippen LogP contribution in [0.4, 0.5) is 10.5 Å². The van der Waals surface area contributed by atoms with Crippen molar-refractivity contribution in [1.82, 2.24) is 15.1 Å². The summed E-state index contributed by atoms with van der Waals surface area (Å²) in [5, 5.41) is 5.35. The maximum Gasteiger partial charge on any atom is 0.325 e. The lowest BCUT2D eigenvalue weighted by molar-refractivity contribution is -0.139. The number of amides is 5. The smallest absolute Gasteiger partial charge is 0.325 e. The molecule has 2 aromatic rings. The average Bonchev–Trinajstić information content (AvgIpc) is 2.97. The molecule has 0 unspecified atom stereocenters. The summed E-state index contributed by atoms with van der Waals surface area (Å²) in [4.78, 5) is 52.4. The molecule has 0 spiro atoms. The van der Waals surface area contributed by atoms with E-state index >= 15 is 0 Å². The summed E-state index contributed by atoms with van der Waals surface area (Å²) >= 11 is 0. The van der Waals surface area contributed by atoms with Gasteiger partial charge in [-0.25, -0.2) is 4.79 Å². The molecule has 0 radical (unpaired) electrons. The van der Waals surface area contributed by atoms with E-state index in [2.05, 4.69) is 10.6 Å². The summed E-state index contributed by atoms with van der Waals surface area (Å²) < 4.78 is 5.11. The number of carbonyl (C=O) groups is 4. The highest BCUT2D eigenvalue weighted by molar-refractivity contribution is 6.09. The molecule has 0 aliphatic carbocycles. The van der Waals surface area contributed by atoms with Gasteiger partial charge in [0.1, 0.15) is 17.8 Å². The zero-order chi connectivity index (χ0) is 23.5. The first-order valence-corrected chi connectivity index (χ1v) is 10.0. The lowest BCUT2D eigenvalue weighted by atomic mass is 9.91. The topological polar surface area (TPSA) is 108 Å². The van der Waals surface area contributed by atoms with Crippen molar-refractivity contribution in [3.8, 4) is 5.75 Å². The van der Waals surface area contributed by atoms with Crippen LogP contribution < -0.4 is 15.4 Å². The van der Waals surface area contributed by atoms with Gasteiger partial charge in [-0.15, -0.1) is 0 Å². The van der Waals surface area contributed by atoms with Crippen LogP contribution in [0, 0.1) is 6.92 Å². The minimum atomic E-state index is -1.26. The molecule has 3 rings (SSSR count). The molecule has 5 amide bonds. The molecule has 0 bridgehead atoms. The number of anilines is 1. The fourth-order valence-corrected chi connectivity index (χ4v) is 3.38. The van der Waals surface area contributed by atoms with E-state index in [4.69, 9.17) is 4.74 Å². The highest BCUT2D eigenvalue weighted by Gasteiger charge is 2.49. The molecule has 1 heterocycles. The number of benzene rings is 2. The molecule has 1 aliphatic heterocycles. The molecule has 1 saturated heterocycles. The number of urea groups is 1. The molecule has 168 valence electrons. The molecule has 9 nitrogen and oxygen atoms in total. The second kappa shape index (κ2) is 9.09. The normalized spacial score (nSPS) is 17.7. The van der Waals surface area contributed by atoms with Gasteiger partial charge in [0, 0.05) is 18.8 Å². The van der Waals surface area contributed by atoms with Gasteiger partial charge in [0.15, 0.2) is 0 Å². The molecule has 1 fully saturated rings. The van der Waals surface area contributed by atoms with E-state index in [1.807, 2.05) is 19.1 Å². The number of rotatable bonds is 7. The Hall–Kier alpha value is -3.88. The Morgan fingerprint density at radius 3 is 2.50 bits per heavy atom. The molecule has 0 aromatic heterocycles. The quantitative estimate of drug-likeness (QED) is 0.642. The van der Waals surface area contributed by atoms with Crippen molar-refractivity contribution in [2.24, 2.45) is 0 Å². The number of carbonyl (C=O) groups excluding carboxylic acids is 4. The summed E-state index contributed by atoms with van der Waals surface area (Å²) in [5.41, 5.74) is 0.920. The Bertz CT molecular complexity index is 1050. The molecule has 32 heavy (non-hydrogen) atoms. The minimum Gasteiger partial charge on any atom is -0.497 e. The maximum atomic E-state index is 13.0. The molecular formula is C23H26N4O5. The van der Waals surface area contributed by atoms with E-state index < -0.39 is 35.8 Å². The number of likely N-dealkylation sites (N-methyl/N-ethyl adjacent to an activating group) is 1. The molecule has 1 atom stereocenters. The maximum absolute atomic E-state index is 13.0. The average molecular weight is 438 g/mol. The van der Waals surface area contributed by atoms with Crippen LogP contribution in [0.3, 0.4) is 0 Å². The summed E-state index contributed by atoms with van der Waals surface area (Å²) in [6, 6.07) is 13.4. The van der Waals surface area contributed by atoms with E-state index in [0.29, 0.717) is 17.0 Å². The largest absolute Gasteiger partial charge is 0.497 e. The Labute approximate surface area is 186 Å². The van der Waals surface area contributed by atoms with Crippen LogP contribution in [0.5, 0.6) is 5.75 Å². The SMILES string of the molecule is COc1cccc(NC(=O)CN(C)C(=O)CN2C(=O)N[C@@](C)(c3ccc(C)cc3)C2=O)c1. The lowest BCUT2D eigenvalue weighted by Gasteiger charge is -2.23. The fraction of sp³-hybridized carbons (Fsp3) is 0.304. The van der Waals surface area contributed by atoms with Crippen LogP contribution in [-0.4, -0.2) is 60.8 Å². The Morgan fingerprint density at radius 1 is 1.16 bits per heavy atom. The number of hydrogen-bond donors (Lipinski definition) is 2. The van der Waals surface area contributed by atoms with Crippen LogP contribution in [-0.2, 0) is 19.9 Å². The molecule has 9 heteroatoms. The highest BCUT2D eigenvalue weighted by Crippen LogP contribution is 2.29. The highest BCUT2D eigenvalue weighted by atomic mass is 16.5. The predicted octanol–water partition coefficient (Wildman–Crippen LogP) is 1.87. The number of imide groups is 1. The van der Waals surface area contributed by atoms with Gasteiger partial charge in [-0.2, -0.15) is 0 Å². The third-order valence-electron chi connectivity index (χ3n) is 5.36. The zero-order valence-corrected chi connectivity index (χ0v) is 18.5. The first-order chi connectivity index (χ1) is 15.1. The van der Waals surface area contributed by atoms with Crippen LogP contribution in [0.15, 0.2) is 48.5 Å². The van der Waals surface area contributed by atoms with Crippen molar-refractivity contribution in [2.45, 2.75) is 19.4 Å². The monoisotopic (exact) mass is 438 g/mol. The molecular weight excluding hydrogens is 412 g/mol. The van der Waals surface area contributed by atoms with Crippen LogP contribution in [0.1, 0.15) is 18.1 Å². The minimum absolute atomic E-state index is 0.241. The number of hydrogen-bond acceptors (Lipinski definition) is 5. The lowest BCUT2D eigenvalue weighted by Crippen LogP contribution is -2.45. The molecule has 1 aliphatic rings. The van der Waals surface area contributed by atoms with E-state index in [1.54, 1.807) is 43.3 Å². The van der Waals surface area contributed by atoms with Crippen molar-refractivity contribution < 1.29 is 23.9 Å². The van der Waals surface area contributed by atoms with Crippen molar-refractivity contribution in [3.05, 3.63) is 59.7 Å². The number of aryl methyl sites for hydroxylation is 1. The van der Waals surface area contributed by atoms with Gasteiger partial charge in [-0.1, -0.05) is 35.9 Å². The standard InChI is InChI=1S/C23H26N4O5/c1-15-8-10-16(11-9-15)23(2)21(30)27(22(31)25-23)14-20(29)26(3)13-19(28)24-17-6-5-7-18(12-17)32-4/h5-12H,13-14H2,1-4H3,(H,24,28)(H,25,31)/t23-/m0/s1. The molecule has 2 aromatic carbocycles. The fourth-order valence-electron chi connectivity index (χ4n) is 3.38. The molecule has 0 saturated carbocycles. The van der Waals surface area contributed by atoms with Gasteiger partial charge in [0.2, 0.25) is 11.8 Å². The van der Waals surface area contributed by atoms with E-state index in [-0.39, 0.29) is 6.54 Å². The Morgan fingerprint density at radius 2 is 1.84 bits per heavy atom. The van der Waals surface area contributed by atoms with Gasteiger partial charge in [-0.05, 0) is 31.5 Å². The second-order valence-corrected chi connectivity index (χ2v) is 7.84. The van der Waals surface area contributed by atoms with E-state index in [0.717, 1.165) is 15.4 Å². The van der Waals surface area contributed by atoms with Gasteiger partial charge < -0.3 is 20.3 Å². The molecule has 2 N–H and O–H groups in total. The van der Waals surface area contributed by atoms with Gasteiger partial charge >= 0.3 is 6.03 Å². The van der Waals surface area contributed by atoms with Crippen molar-refractivity contribution in [3.63, 3.8) is 0 Å². The first kappa shape index (κ1) is 22.8.